The molecule has 0 aliphatic heterocycles. The lowest BCUT2D eigenvalue weighted by molar-refractivity contribution is -0.384. The molecule has 134 valence electrons. The number of nitriles is 2. The van der Waals surface area contributed by atoms with E-state index in [9.17, 15) is 30.2 Å². The van der Waals surface area contributed by atoms with E-state index in [1.165, 1.54) is 26.0 Å². The van der Waals surface area contributed by atoms with Gasteiger partial charge in [0.25, 0.3) is 5.69 Å². The van der Waals surface area contributed by atoms with Crippen molar-refractivity contribution in [3.63, 3.8) is 0 Å². The normalized spacial score (nSPS) is 9.58. The molecule has 0 aliphatic rings. The SMILES string of the molecule is CCOC(=O)C(C(=O)OCC)C(=C(C#N)C#N)c1ccc([N+](=O)[O-])cc1. The minimum atomic E-state index is -1.66. The summed E-state index contributed by atoms with van der Waals surface area (Å²) in [5.74, 6) is -3.63. The summed E-state index contributed by atoms with van der Waals surface area (Å²) in [7, 11) is 0. The van der Waals surface area contributed by atoms with Crippen LogP contribution in [0.1, 0.15) is 19.4 Å². The average molecular weight is 357 g/mol. The lowest BCUT2D eigenvalue weighted by atomic mass is 9.88. The zero-order valence-corrected chi connectivity index (χ0v) is 14.1. The summed E-state index contributed by atoms with van der Waals surface area (Å²) >= 11 is 0. The summed E-state index contributed by atoms with van der Waals surface area (Å²) in [6, 6.07) is 8.02. The van der Waals surface area contributed by atoms with Crippen LogP contribution in [-0.2, 0) is 19.1 Å². The zero-order chi connectivity index (χ0) is 19.7. The Morgan fingerprint density at radius 3 is 1.88 bits per heavy atom. The van der Waals surface area contributed by atoms with Gasteiger partial charge in [0, 0.05) is 17.7 Å². The predicted molar refractivity (Wildman–Crippen MR) is 88.0 cm³/mol. The Morgan fingerprint density at radius 1 is 1.08 bits per heavy atom. The van der Waals surface area contributed by atoms with Gasteiger partial charge in [0.2, 0.25) is 0 Å². The maximum absolute atomic E-state index is 12.3. The van der Waals surface area contributed by atoms with Gasteiger partial charge in [-0.15, -0.1) is 0 Å². The van der Waals surface area contributed by atoms with Crippen LogP contribution in [0, 0.1) is 38.7 Å². The van der Waals surface area contributed by atoms with Crippen molar-refractivity contribution in [2.75, 3.05) is 13.2 Å². The Labute approximate surface area is 149 Å². The second-order valence-electron chi connectivity index (χ2n) is 4.75. The monoisotopic (exact) mass is 357 g/mol. The highest BCUT2D eigenvalue weighted by Gasteiger charge is 2.36. The van der Waals surface area contributed by atoms with E-state index in [0.717, 1.165) is 12.1 Å². The van der Waals surface area contributed by atoms with E-state index in [1.807, 2.05) is 0 Å². The fourth-order valence-electron chi connectivity index (χ4n) is 2.15. The van der Waals surface area contributed by atoms with Gasteiger partial charge in [-0.1, -0.05) is 0 Å². The van der Waals surface area contributed by atoms with Gasteiger partial charge in [0.1, 0.15) is 17.7 Å². The minimum absolute atomic E-state index is 0.0310. The third-order valence-corrected chi connectivity index (χ3v) is 3.22. The van der Waals surface area contributed by atoms with E-state index in [4.69, 9.17) is 9.47 Å². The molecule has 0 amide bonds. The number of allylic oxidation sites excluding steroid dienone is 1. The number of esters is 2. The number of rotatable bonds is 7. The van der Waals surface area contributed by atoms with Gasteiger partial charge in [-0.2, -0.15) is 10.5 Å². The molecule has 1 aromatic rings. The number of nitrogens with zero attached hydrogens (tertiary/aromatic N) is 3. The molecule has 0 fully saturated rings. The first kappa shape index (κ1) is 20.3. The maximum atomic E-state index is 12.3. The van der Waals surface area contributed by atoms with Crippen LogP contribution in [0.5, 0.6) is 0 Å². The Kier molecular flexibility index (Phi) is 7.46. The van der Waals surface area contributed by atoms with Gasteiger partial charge in [0.05, 0.1) is 18.1 Å². The van der Waals surface area contributed by atoms with Gasteiger partial charge in [0.15, 0.2) is 5.92 Å². The molecular formula is C17H15N3O6. The van der Waals surface area contributed by atoms with Gasteiger partial charge < -0.3 is 9.47 Å². The zero-order valence-electron chi connectivity index (χ0n) is 14.1. The number of non-ortho nitro benzene ring substituents is 1. The molecule has 0 saturated heterocycles. The van der Waals surface area contributed by atoms with Crippen LogP contribution in [0.2, 0.25) is 0 Å². The van der Waals surface area contributed by atoms with Gasteiger partial charge >= 0.3 is 11.9 Å². The molecule has 0 spiro atoms. The third-order valence-electron chi connectivity index (χ3n) is 3.22. The largest absolute Gasteiger partial charge is 0.465 e. The van der Waals surface area contributed by atoms with Crippen LogP contribution in [0.15, 0.2) is 29.8 Å². The van der Waals surface area contributed by atoms with Gasteiger partial charge in [-0.25, -0.2) is 0 Å². The average Bonchev–Trinajstić information content (AvgIpc) is 2.62. The summed E-state index contributed by atoms with van der Waals surface area (Å²) in [6.07, 6.45) is 0. The van der Waals surface area contributed by atoms with Crippen molar-refractivity contribution in [3.05, 3.63) is 45.5 Å². The smallest absolute Gasteiger partial charge is 0.324 e. The van der Waals surface area contributed by atoms with Crippen molar-refractivity contribution in [2.45, 2.75) is 13.8 Å². The number of benzene rings is 1. The van der Waals surface area contributed by atoms with E-state index >= 15 is 0 Å². The van der Waals surface area contributed by atoms with Gasteiger partial charge in [-0.3, -0.25) is 19.7 Å². The fourth-order valence-corrected chi connectivity index (χ4v) is 2.15. The molecule has 0 N–H and O–H groups in total. The number of hydrogen-bond donors (Lipinski definition) is 0. The summed E-state index contributed by atoms with van der Waals surface area (Å²) in [5, 5.41) is 29.2. The van der Waals surface area contributed by atoms with Crippen molar-refractivity contribution in [1.29, 1.82) is 10.5 Å². The van der Waals surface area contributed by atoms with Crippen molar-refractivity contribution < 1.29 is 24.0 Å². The number of nitro groups is 1. The summed E-state index contributed by atoms with van der Waals surface area (Å²) in [6.45, 7) is 3.00. The van der Waals surface area contributed by atoms with Crippen molar-refractivity contribution in [3.8, 4) is 12.1 Å². The Balaban J connectivity index is 3.62. The quantitative estimate of drug-likeness (QED) is 0.237. The molecule has 0 heterocycles. The molecule has 0 atom stereocenters. The maximum Gasteiger partial charge on any atom is 0.324 e. The molecule has 1 rings (SSSR count). The van der Waals surface area contributed by atoms with Crippen molar-refractivity contribution in [1.82, 2.24) is 0 Å². The summed E-state index contributed by atoms with van der Waals surface area (Å²) < 4.78 is 9.75. The van der Waals surface area contributed by atoms with Crippen LogP contribution >= 0.6 is 0 Å². The Hall–Kier alpha value is -3.72. The molecule has 0 unspecified atom stereocenters. The standard InChI is InChI=1S/C17H15N3O6/c1-3-25-16(21)15(17(22)26-4-2)14(12(9-18)10-19)11-5-7-13(8-6-11)20(23)24/h5-8,15H,3-4H2,1-2H3. The fraction of sp³-hybridized carbons (Fsp3) is 0.294. The van der Waals surface area contributed by atoms with E-state index in [-0.39, 0.29) is 30.0 Å². The number of carbonyl (C=O) groups excluding carboxylic acids is 2. The molecule has 0 saturated carbocycles. The highest BCUT2D eigenvalue weighted by molar-refractivity contribution is 6.08. The second kappa shape index (κ2) is 9.55. The topological polar surface area (TPSA) is 143 Å². The molecule has 1 aromatic carbocycles. The first-order valence-electron chi connectivity index (χ1n) is 7.53. The number of hydrogen-bond acceptors (Lipinski definition) is 8. The van der Waals surface area contributed by atoms with E-state index in [1.54, 1.807) is 12.1 Å². The van der Waals surface area contributed by atoms with E-state index in [2.05, 4.69) is 0 Å². The predicted octanol–water partition coefficient (Wildman–Crippen LogP) is 2.14. The van der Waals surface area contributed by atoms with Crippen molar-refractivity contribution >= 4 is 23.2 Å². The second-order valence-corrected chi connectivity index (χ2v) is 4.75. The molecule has 26 heavy (non-hydrogen) atoms. The molecular weight excluding hydrogens is 342 g/mol. The van der Waals surface area contributed by atoms with E-state index < -0.39 is 28.4 Å². The van der Waals surface area contributed by atoms with Crippen LogP contribution in [0.4, 0.5) is 5.69 Å². The van der Waals surface area contributed by atoms with Crippen LogP contribution in [0.25, 0.3) is 5.57 Å². The molecule has 0 bridgehead atoms. The van der Waals surface area contributed by atoms with E-state index in [0.29, 0.717) is 0 Å². The van der Waals surface area contributed by atoms with Crippen LogP contribution in [0.3, 0.4) is 0 Å². The van der Waals surface area contributed by atoms with Crippen LogP contribution < -0.4 is 0 Å². The lowest BCUT2D eigenvalue weighted by Gasteiger charge is -2.18. The molecule has 9 nitrogen and oxygen atoms in total. The summed E-state index contributed by atoms with van der Waals surface area (Å²) in [4.78, 5) is 34.8. The molecule has 0 aromatic heterocycles. The minimum Gasteiger partial charge on any atom is -0.465 e. The third kappa shape index (κ3) is 4.65. The number of nitro benzene ring substituents is 1. The summed E-state index contributed by atoms with van der Waals surface area (Å²) in [5.41, 5.74) is -0.820. The Bertz CT molecular complexity index is 780. The molecule has 0 radical (unpaired) electrons. The van der Waals surface area contributed by atoms with Crippen LogP contribution in [-0.4, -0.2) is 30.1 Å². The highest BCUT2D eigenvalue weighted by Crippen LogP contribution is 2.30. The first-order valence-corrected chi connectivity index (χ1v) is 7.53. The number of ether oxygens (including phenoxy) is 2. The Morgan fingerprint density at radius 2 is 1.54 bits per heavy atom. The number of carbonyl (C=O) groups is 2. The lowest BCUT2D eigenvalue weighted by Crippen LogP contribution is -2.30. The molecule has 0 aliphatic carbocycles. The highest BCUT2D eigenvalue weighted by atomic mass is 16.6. The first-order chi connectivity index (χ1) is 12.4. The van der Waals surface area contributed by atoms with Gasteiger partial charge in [-0.05, 0) is 31.5 Å². The van der Waals surface area contributed by atoms with Crippen molar-refractivity contribution in [2.24, 2.45) is 5.92 Å². The molecule has 9 heteroatoms.